The lowest BCUT2D eigenvalue weighted by Gasteiger charge is -2.12. The molecule has 1 aliphatic heterocycles. The highest BCUT2D eigenvalue weighted by molar-refractivity contribution is 9.10. The first kappa shape index (κ1) is 14.0. The molecular weight excluding hydrogens is 332 g/mol. The van der Waals surface area contributed by atoms with Crippen LogP contribution in [0.1, 0.15) is 13.8 Å². The smallest absolute Gasteiger partial charge is 0.161 e. The number of nitrogens with zero attached hydrogens (tertiary/aromatic N) is 1. The molecule has 0 spiro atoms. The van der Waals surface area contributed by atoms with E-state index in [1.54, 1.807) is 0 Å². The van der Waals surface area contributed by atoms with Crippen LogP contribution in [0.2, 0.25) is 0 Å². The minimum absolute atomic E-state index is 0.605. The van der Waals surface area contributed by atoms with E-state index in [0.717, 1.165) is 21.9 Å². The van der Waals surface area contributed by atoms with Gasteiger partial charge in [-0.2, -0.15) is 0 Å². The van der Waals surface area contributed by atoms with Gasteiger partial charge in [-0.25, -0.2) is 0 Å². The van der Waals surface area contributed by atoms with Gasteiger partial charge in [0.05, 0.1) is 6.54 Å². The molecule has 0 amide bonds. The van der Waals surface area contributed by atoms with Crippen molar-refractivity contribution < 1.29 is 0 Å². The lowest BCUT2D eigenvalue weighted by atomic mass is 10.1. The van der Waals surface area contributed by atoms with Gasteiger partial charge in [0.15, 0.2) is 5.17 Å². The van der Waals surface area contributed by atoms with Crippen LogP contribution in [0.3, 0.4) is 0 Å². The van der Waals surface area contributed by atoms with Gasteiger partial charge in [0.2, 0.25) is 0 Å². The second-order valence-corrected chi connectivity index (χ2v) is 7.52. The van der Waals surface area contributed by atoms with Crippen molar-refractivity contribution in [1.29, 1.82) is 0 Å². The highest BCUT2D eigenvalue weighted by Crippen LogP contribution is 2.29. The van der Waals surface area contributed by atoms with Crippen molar-refractivity contribution in [2.45, 2.75) is 19.1 Å². The van der Waals surface area contributed by atoms with Crippen molar-refractivity contribution in [2.75, 3.05) is 11.9 Å². The minimum atomic E-state index is 0.605. The van der Waals surface area contributed by atoms with Gasteiger partial charge in [-0.3, -0.25) is 4.99 Å². The number of aliphatic imine (C=N–C) groups is 1. The number of halogens is 1. The minimum Gasteiger partial charge on any atom is -0.335 e. The molecule has 4 heteroatoms. The highest BCUT2D eigenvalue weighted by atomic mass is 79.9. The molecule has 0 bridgehead atoms. The molecule has 0 saturated carbocycles. The van der Waals surface area contributed by atoms with E-state index in [2.05, 4.69) is 76.5 Å². The lowest BCUT2D eigenvalue weighted by molar-refractivity contribution is 0.621. The number of thioether (sulfide) groups is 1. The number of nitrogens with one attached hydrogen (secondary N) is 1. The summed E-state index contributed by atoms with van der Waals surface area (Å²) in [5.41, 5.74) is 1.11. The van der Waals surface area contributed by atoms with E-state index >= 15 is 0 Å². The molecule has 2 aromatic carbocycles. The quantitative estimate of drug-likeness (QED) is 0.812. The number of anilines is 1. The van der Waals surface area contributed by atoms with E-state index in [0.29, 0.717) is 11.2 Å². The van der Waals surface area contributed by atoms with Gasteiger partial charge in [0, 0.05) is 15.4 Å². The van der Waals surface area contributed by atoms with Crippen LogP contribution < -0.4 is 5.32 Å². The van der Waals surface area contributed by atoms with Crippen molar-refractivity contribution in [3.8, 4) is 0 Å². The Morgan fingerprint density at radius 3 is 2.70 bits per heavy atom. The molecule has 20 heavy (non-hydrogen) atoms. The summed E-state index contributed by atoms with van der Waals surface area (Å²) in [5.74, 6) is 0.664. The van der Waals surface area contributed by atoms with Crippen LogP contribution in [0.25, 0.3) is 10.8 Å². The van der Waals surface area contributed by atoms with Crippen LogP contribution >= 0.6 is 27.7 Å². The highest BCUT2D eigenvalue weighted by Gasteiger charge is 2.22. The van der Waals surface area contributed by atoms with Crippen LogP contribution in [0.4, 0.5) is 5.69 Å². The lowest BCUT2D eigenvalue weighted by Crippen LogP contribution is -2.13. The van der Waals surface area contributed by atoms with Crippen LogP contribution in [0.5, 0.6) is 0 Å². The van der Waals surface area contributed by atoms with E-state index in [9.17, 15) is 0 Å². The molecule has 1 N–H and O–H groups in total. The van der Waals surface area contributed by atoms with E-state index < -0.39 is 0 Å². The summed E-state index contributed by atoms with van der Waals surface area (Å²) in [7, 11) is 0. The fourth-order valence-electron chi connectivity index (χ4n) is 2.22. The van der Waals surface area contributed by atoms with Crippen molar-refractivity contribution in [1.82, 2.24) is 0 Å². The average molecular weight is 349 g/mol. The molecule has 0 fully saturated rings. The van der Waals surface area contributed by atoms with Crippen LogP contribution in [-0.2, 0) is 0 Å². The van der Waals surface area contributed by atoms with Crippen molar-refractivity contribution in [3.05, 3.63) is 40.9 Å². The first-order valence-corrected chi connectivity index (χ1v) is 8.46. The Labute approximate surface area is 132 Å². The molecule has 3 rings (SSSR count). The fraction of sp³-hybridized carbons (Fsp3) is 0.312. The Morgan fingerprint density at radius 1 is 1.20 bits per heavy atom. The normalized spacial score (nSPS) is 18.6. The van der Waals surface area contributed by atoms with Crippen LogP contribution in [0.15, 0.2) is 45.9 Å². The zero-order valence-corrected chi connectivity index (χ0v) is 14.0. The maximum absolute atomic E-state index is 4.59. The van der Waals surface area contributed by atoms with E-state index in [-0.39, 0.29) is 0 Å². The first-order valence-electron chi connectivity index (χ1n) is 6.79. The molecular formula is C16H17BrN2S. The van der Waals surface area contributed by atoms with Crippen LogP contribution in [-0.4, -0.2) is 17.0 Å². The third-order valence-corrected chi connectivity index (χ3v) is 5.42. The molecule has 1 atom stereocenters. The van der Waals surface area contributed by atoms with E-state index in [4.69, 9.17) is 0 Å². The average Bonchev–Trinajstić information content (AvgIpc) is 2.88. The zero-order chi connectivity index (χ0) is 14.1. The monoisotopic (exact) mass is 348 g/mol. The maximum Gasteiger partial charge on any atom is 0.161 e. The van der Waals surface area contributed by atoms with Gasteiger partial charge in [-0.05, 0) is 41.0 Å². The number of rotatable bonds is 2. The summed E-state index contributed by atoms with van der Waals surface area (Å²) < 4.78 is 1.11. The maximum atomic E-state index is 4.59. The van der Waals surface area contributed by atoms with E-state index in [1.807, 2.05) is 11.8 Å². The predicted octanol–water partition coefficient (Wildman–Crippen LogP) is 5.14. The van der Waals surface area contributed by atoms with Crippen molar-refractivity contribution >= 4 is 49.3 Å². The molecule has 1 aliphatic rings. The van der Waals surface area contributed by atoms with Crippen molar-refractivity contribution in [3.63, 3.8) is 0 Å². The molecule has 0 radical (unpaired) electrons. The summed E-state index contributed by atoms with van der Waals surface area (Å²) in [6.45, 7) is 5.43. The molecule has 2 nitrogen and oxygen atoms in total. The molecule has 2 aromatic rings. The van der Waals surface area contributed by atoms with Gasteiger partial charge >= 0.3 is 0 Å². The summed E-state index contributed by atoms with van der Waals surface area (Å²) in [5, 5.41) is 7.56. The summed E-state index contributed by atoms with van der Waals surface area (Å²) >= 11 is 5.36. The number of amidine groups is 1. The molecule has 0 saturated heterocycles. The third kappa shape index (κ3) is 3.01. The molecule has 1 unspecified atom stereocenters. The Hall–Kier alpha value is -1.00. The fourth-order valence-corrected chi connectivity index (χ4v) is 3.64. The van der Waals surface area contributed by atoms with Gasteiger partial charge in [-0.15, -0.1) is 0 Å². The predicted molar refractivity (Wildman–Crippen MR) is 93.8 cm³/mol. The van der Waals surface area contributed by atoms with Gasteiger partial charge in [0.25, 0.3) is 0 Å². The number of hydrogen-bond acceptors (Lipinski definition) is 3. The second kappa shape index (κ2) is 5.78. The van der Waals surface area contributed by atoms with Gasteiger partial charge < -0.3 is 5.32 Å². The Bertz CT molecular complexity index is 667. The summed E-state index contributed by atoms with van der Waals surface area (Å²) in [6, 6.07) is 12.8. The topological polar surface area (TPSA) is 24.4 Å². The van der Waals surface area contributed by atoms with Crippen molar-refractivity contribution in [2.24, 2.45) is 10.9 Å². The number of benzene rings is 2. The van der Waals surface area contributed by atoms with Crippen LogP contribution in [0, 0.1) is 5.92 Å². The van der Waals surface area contributed by atoms with E-state index in [1.165, 1.54) is 10.8 Å². The summed E-state index contributed by atoms with van der Waals surface area (Å²) in [6.07, 6.45) is 0. The number of hydrogen-bond donors (Lipinski definition) is 1. The largest absolute Gasteiger partial charge is 0.335 e. The third-order valence-electron chi connectivity index (χ3n) is 3.47. The zero-order valence-electron chi connectivity index (χ0n) is 11.6. The second-order valence-electron chi connectivity index (χ2n) is 5.38. The Balaban J connectivity index is 1.77. The SMILES string of the molecule is CC(C)C1CN=C(Nc2ccc3cc(Br)ccc3c2)S1. The van der Waals surface area contributed by atoms with Gasteiger partial charge in [-0.1, -0.05) is 53.7 Å². The summed E-state index contributed by atoms with van der Waals surface area (Å²) in [4.78, 5) is 4.59. The molecule has 0 aromatic heterocycles. The Morgan fingerprint density at radius 2 is 1.95 bits per heavy atom. The standard InChI is InChI=1S/C16H17BrN2S/c1-10(2)15-9-18-16(20-15)19-14-6-4-11-7-13(17)5-3-12(11)8-14/h3-8,10,15H,9H2,1-2H3,(H,18,19). The molecule has 0 aliphatic carbocycles. The Kier molecular flexibility index (Phi) is 4.03. The molecule has 104 valence electrons. The number of fused-ring (bicyclic) bond motifs is 1. The van der Waals surface area contributed by atoms with Gasteiger partial charge in [0.1, 0.15) is 0 Å². The molecule has 1 heterocycles. The first-order chi connectivity index (χ1) is 9.61.